The van der Waals surface area contributed by atoms with Crippen molar-refractivity contribution in [2.24, 2.45) is 5.73 Å². The van der Waals surface area contributed by atoms with E-state index in [4.69, 9.17) is 10.5 Å². The van der Waals surface area contributed by atoms with Gasteiger partial charge in [0.2, 0.25) is 0 Å². The SMILES string of the molecule is N[C@H]1CCCN(C(=O)C2(F)CC2)[C@H]1COC1CCN(c2ccccc2F)CC1. The number of ether oxygens (including phenoxy) is 1. The van der Waals surface area contributed by atoms with Gasteiger partial charge in [-0.15, -0.1) is 0 Å². The van der Waals surface area contributed by atoms with Crippen molar-refractivity contribution in [3.05, 3.63) is 30.1 Å². The monoisotopic (exact) mass is 393 g/mol. The highest BCUT2D eigenvalue weighted by atomic mass is 19.1. The molecule has 7 heteroatoms. The molecule has 0 radical (unpaired) electrons. The molecule has 3 aliphatic rings. The first kappa shape index (κ1) is 19.6. The van der Waals surface area contributed by atoms with E-state index in [-0.39, 0.29) is 24.0 Å². The van der Waals surface area contributed by atoms with Crippen LogP contribution in [0.3, 0.4) is 0 Å². The first-order valence-electron chi connectivity index (χ1n) is 10.3. The summed E-state index contributed by atoms with van der Waals surface area (Å²) >= 11 is 0. The van der Waals surface area contributed by atoms with Gasteiger partial charge < -0.3 is 20.3 Å². The fraction of sp³-hybridized carbons (Fsp3) is 0.667. The second-order valence-electron chi connectivity index (χ2n) is 8.31. The summed E-state index contributed by atoms with van der Waals surface area (Å²) in [7, 11) is 0. The minimum absolute atomic E-state index is 0.0503. The molecule has 1 aliphatic carbocycles. The van der Waals surface area contributed by atoms with Crippen molar-refractivity contribution in [1.29, 1.82) is 0 Å². The Bertz CT molecular complexity index is 705. The number of piperidine rings is 2. The molecule has 1 aromatic rings. The van der Waals surface area contributed by atoms with Crippen molar-refractivity contribution < 1.29 is 18.3 Å². The molecule has 2 N–H and O–H groups in total. The largest absolute Gasteiger partial charge is 0.376 e. The van der Waals surface area contributed by atoms with Gasteiger partial charge in [-0.25, -0.2) is 8.78 Å². The number of amides is 1. The summed E-state index contributed by atoms with van der Waals surface area (Å²) in [6.07, 6.45) is 3.89. The number of anilines is 1. The molecular formula is C21H29F2N3O2. The van der Waals surface area contributed by atoms with Crippen LogP contribution in [-0.4, -0.2) is 60.9 Å². The highest BCUT2D eigenvalue weighted by molar-refractivity contribution is 5.88. The Hall–Kier alpha value is -1.73. The average molecular weight is 393 g/mol. The van der Waals surface area contributed by atoms with E-state index in [0.717, 1.165) is 38.8 Å². The second kappa shape index (κ2) is 7.95. The zero-order valence-corrected chi connectivity index (χ0v) is 16.2. The van der Waals surface area contributed by atoms with Crippen molar-refractivity contribution in [2.75, 3.05) is 31.1 Å². The molecule has 0 unspecified atom stereocenters. The van der Waals surface area contributed by atoms with E-state index in [1.54, 1.807) is 17.0 Å². The Balaban J connectivity index is 1.31. The van der Waals surface area contributed by atoms with Gasteiger partial charge >= 0.3 is 0 Å². The van der Waals surface area contributed by atoms with E-state index >= 15 is 0 Å². The number of benzene rings is 1. The fourth-order valence-electron chi connectivity index (χ4n) is 4.34. The molecule has 3 fully saturated rings. The van der Waals surface area contributed by atoms with Crippen molar-refractivity contribution in [3.8, 4) is 0 Å². The van der Waals surface area contributed by atoms with Crippen molar-refractivity contribution in [3.63, 3.8) is 0 Å². The number of rotatable bonds is 5. The Morgan fingerprint density at radius 1 is 1.18 bits per heavy atom. The van der Waals surface area contributed by atoms with Gasteiger partial charge in [0.25, 0.3) is 5.91 Å². The van der Waals surface area contributed by atoms with Gasteiger partial charge in [0.1, 0.15) is 5.82 Å². The summed E-state index contributed by atoms with van der Waals surface area (Å²) in [5.74, 6) is -0.616. The summed E-state index contributed by atoms with van der Waals surface area (Å²) in [5.41, 5.74) is 5.22. The molecule has 2 heterocycles. The molecule has 0 spiro atoms. The van der Waals surface area contributed by atoms with Crippen LogP contribution in [0.4, 0.5) is 14.5 Å². The number of halogens is 2. The third-order valence-electron chi connectivity index (χ3n) is 6.30. The molecule has 4 rings (SSSR count). The van der Waals surface area contributed by atoms with Crippen LogP contribution in [0.25, 0.3) is 0 Å². The van der Waals surface area contributed by atoms with E-state index in [1.807, 2.05) is 11.0 Å². The number of nitrogens with zero attached hydrogens (tertiary/aromatic N) is 2. The van der Waals surface area contributed by atoms with Crippen LogP contribution in [0.5, 0.6) is 0 Å². The molecule has 0 bridgehead atoms. The maximum atomic E-state index is 14.3. The standard InChI is InChI=1S/C21H29F2N3O2/c22-16-4-1-2-6-18(16)25-12-7-15(8-13-25)28-14-19-17(24)5-3-11-26(19)20(27)21(23)9-10-21/h1-2,4,6,15,17,19H,3,5,7-14,24H2/t17-,19-/m0/s1. The molecule has 2 atom stereocenters. The summed E-state index contributed by atoms with van der Waals surface area (Å²) in [5, 5.41) is 0. The number of alkyl halides is 1. The van der Waals surface area contributed by atoms with Gasteiger partial charge in [-0.05, 0) is 50.7 Å². The summed E-state index contributed by atoms with van der Waals surface area (Å²) in [6, 6.07) is 6.36. The maximum absolute atomic E-state index is 14.3. The van der Waals surface area contributed by atoms with Crippen LogP contribution in [0.2, 0.25) is 0 Å². The average Bonchev–Trinajstić information content (AvgIpc) is 3.46. The Morgan fingerprint density at radius 3 is 2.57 bits per heavy atom. The number of nitrogens with two attached hydrogens (primary N) is 1. The maximum Gasteiger partial charge on any atom is 0.260 e. The van der Waals surface area contributed by atoms with Crippen LogP contribution in [-0.2, 0) is 9.53 Å². The molecule has 154 valence electrons. The lowest BCUT2D eigenvalue weighted by atomic mass is 9.96. The molecule has 2 aliphatic heterocycles. The minimum atomic E-state index is -1.67. The third-order valence-corrected chi connectivity index (χ3v) is 6.30. The highest BCUT2D eigenvalue weighted by Crippen LogP contribution is 2.42. The molecule has 28 heavy (non-hydrogen) atoms. The first-order chi connectivity index (χ1) is 13.5. The Kier molecular flexibility index (Phi) is 5.56. The number of hydrogen-bond donors (Lipinski definition) is 1. The van der Waals surface area contributed by atoms with Crippen molar-refractivity contribution in [2.45, 2.75) is 62.4 Å². The van der Waals surface area contributed by atoms with Crippen LogP contribution < -0.4 is 10.6 Å². The molecule has 1 saturated carbocycles. The van der Waals surface area contributed by atoms with Gasteiger partial charge in [0.05, 0.1) is 24.4 Å². The van der Waals surface area contributed by atoms with Gasteiger partial charge in [0.15, 0.2) is 5.67 Å². The normalized spacial score (nSPS) is 27.7. The smallest absolute Gasteiger partial charge is 0.260 e. The van der Waals surface area contributed by atoms with E-state index in [1.165, 1.54) is 6.07 Å². The van der Waals surface area contributed by atoms with Crippen LogP contribution in [0.15, 0.2) is 24.3 Å². The van der Waals surface area contributed by atoms with E-state index in [2.05, 4.69) is 0 Å². The number of carbonyl (C=O) groups is 1. The quantitative estimate of drug-likeness (QED) is 0.836. The van der Waals surface area contributed by atoms with E-state index < -0.39 is 11.6 Å². The molecule has 5 nitrogen and oxygen atoms in total. The summed E-state index contributed by atoms with van der Waals surface area (Å²) < 4.78 is 34.4. The van der Waals surface area contributed by atoms with E-state index in [0.29, 0.717) is 31.7 Å². The molecule has 1 aromatic carbocycles. The van der Waals surface area contributed by atoms with Gasteiger partial charge in [0, 0.05) is 25.7 Å². The van der Waals surface area contributed by atoms with Crippen LogP contribution >= 0.6 is 0 Å². The van der Waals surface area contributed by atoms with Crippen molar-refractivity contribution >= 4 is 11.6 Å². The second-order valence-corrected chi connectivity index (χ2v) is 8.31. The van der Waals surface area contributed by atoms with E-state index in [9.17, 15) is 13.6 Å². The fourth-order valence-corrected chi connectivity index (χ4v) is 4.34. The molecule has 1 amide bonds. The summed E-state index contributed by atoms with van der Waals surface area (Å²) in [6.45, 7) is 2.34. The predicted octanol–water partition coefficient (Wildman–Crippen LogP) is 2.63. The number of carbonyl (C=O) groups excluding carboxylic acids is 1. The van der Waals surface area contributed by atoms with Gasteiger partial charge in [-0.2, -0.15) is 0 Å². The van der Waals surface area contributed by atoms with Crippen LogP contribution in [0, 0.1) is 5.82 Å². The number of likely N-dealkylation sites (tertiary alicyclic amines) is 1. The zero-order valence-electron chi connectivity index (χ0n) is 16.2. The predicted molar refractivity (Wildman–Crippen MR) is 103 cm³/mol. The van der Waals surface area contributed by atoms with Crippen molar-refractivity contribution in [1.82, 2.24) is 4.90 Å². The van der Waals surface area contributed by atoms with Gasteiger partial charge in [-0.3, -0.25) is 4.79 Å². The van der Waals surface area contributed by atoms with Crippen LogP contribution in [0.1, 0.15) is 38.5 Å². The Morgan fingerprint density at radius 2 is 1.89 bits per heavy atom. The number of hydrogen-bond acceptors (Lipinski definition) is 4. The molecule has 0 aromatic heterocycles. The first-order valence-corrected chi connectivity index (χ1v) is 10.3. The minimum Gasteiger partial charge on any atom is -0.376 e. The summed E-state index contributed by atoms with van der Waals surface area (Å²) in [4.78, 5) is 16.2. The zero-order chi connectivity index (χ0) is 19.7. The lowest BCUT2D eigenvalue weighted by molar-refractivity contribution is -0.145. The molecular weight excluding hydrogens is 364 g/mol. The topological polar surface area (TPSA) is 58.8 Å². The lowest BCUT2D eigenvalue weighted by Gasteiger charge is -2.41. The Labute approximate surface area is 164 Å². The highest BCUT2D eigenvalue weighted by Gasteiger charge is 2.54. The molecule has 2 saturated heterocycles. The number of para-hydroxylation sites is 1. The van der Waals surface area contributed by atoms with Gasteiger partial charge in [-0.1, -0.05) is 12.1 Å². The third kappa shape index (κ3) is 4.01. The lowest BCUT2D eigenvalue weighted by Crippen LogP contribution is -2.58.